The number of aryl methyl sites for hydroxylation is 1. The van der Waals surface area contributed by atoms with Crippen LogP contribution in [-0.4, -0.2) is 26.8 Å². The molecule has 0 saturated carbocycles. The second-order valence-electron chi connectivity index (χ2n) is 4.63. The number of hydrogen-bond donors (Lipinski definition) is 1. The van der Waals surface area contributed by atoms with E-state index in [4.69, 9.17) is 0 Å². The van der Waals surface area contributed by atoms with Crippen LogP contribution in [0.25, 0.3) is 0 Å². The van der Waals surface area contributed by atoms with Crippen LogP contribution in [0.15, 0.2) is 24.3 Å². The van der Waals surface area contributed by atoms with E-state index in [1.54, 1.807) is 7.05 Å². The van der Waals surface area contributed by atoms with E-state index in [0.29, 0.717) is 18.8 Å². The van der Waals surface area contributed by atoms with Crippen LogP contribution in [0.2, 0.25) is 0 Å². The van der Waals surface area contributed by atoms with E-state index < -0.39 is 11.7 Å². The fraction of sp³-hybridized carbons (Fsp3) is 0.462. The summed E-state index contributed by atoms with van der Waals surface area (Å²) in [6.07, 6.45) is -3.86. The van der Waals surface area contributed by atoms with Crippen LogP contribution in [0.3, 0.4) is 0 Å². The third kappa shape index (κ3) is 4.01. The fourth-order valence-corrected chi connectivity index (χ4v) is 2.05. The summed E-state index contributed by atoms with van der Waals surface area (Å²) in [5, 5.41) is 15.0. The lowest BCUT2D eigenvalue weighted by Crippen LogP contribution is -2.23. The van der Waals surface area contributed by atoms with E-state index in [1.807, 2.05) is 6.92 Å². The number of alkyl halides is 3. The van der Waals surface area contributed by atoms with Gasteiger partial charge in [0, 0.05) is 12.5 Å². The van der Waals surface area contributed by atoms with Gasteiger partial charge in [-0.1, -0.05) is 19.1 Å². The second kappa shape index (κ2) is 6.21. The van der Waals surface area contributed by atoms with Crippen molar-refractivity contribution in [1.29, 1.82) is 0 Å². The minimum atomic E-state index is -4.32. The van der Waals surface area contributed by atoms with E-state index in [2.05, 4.69) is 20.7 Å². The van der Waals surface area contributed by atoms with Crippen molar-refractivity contribution in [3.8, 4) is 0 Å². The highest BCUT2D eigenvalue weighted by atomic mass is 19.4. The highest BCUT2D eigenvalue weighted by molar-refractivity contribution is 5.27. The van der Waals surface area contributed by atoms with Crippen LogP contribution in [0.5, 0.6) is 0 Å². The largest absolute Gasteiger partial charge is 0.416 e. The maximum absolute atomic E-state index is 12.6. The molecule has 114 valence electrons. The number of likely N-dealkylation sites (N-methyl/N-ethyl adjacent to an activating group) is 1. The zero-order chi connectivity index (χ0) is 15.5. The molecule has 0 saturated heterocycles. The van der Waals surface area contributed by atoms with Gasteiger partial charge in [0.15, 0.2) is 5.82 Å². The Morgan fingerprint density at radius 1 is 1.24 bits per heavy atom. The average molecular weight is 299 g/mol. The lowest BCUT2D eigenvalue weighted by atomic mass is 10.0. The van der Waals surface area contributed by atoms with Gasteiger partial charge in [-0.2, -0.15) is 18.0 Å². The Morgan fingerprint density at radius 3 is 2.38 bits per heavy atom. The maximum atomic E-state index is 12.6. The van der Waals surface area contributed by atoms with Gasteiger partial charge in [0.25, 0.3) is 0 Å². The molecule has 2 aromatic rings. The lowest BCUT2D eigenvalue weighted by Gasteiger charge is -2.17. The van der Waals surface area contributed by atoms with Crippen molar-refractivity contribution >= 4 is 0 Å². The van der Waals surface area contributed by atoms with Gasteiger partial charge in [0.1, 0.15) is 0 Å². The first-order chi connectivity index (χ1) is 9.90. The summed E-state index contributed by atoms with van der Waals surface area (Å²) in [5.41, 5.74) is 0.108. The average Bonchev–Trinajstić information content (AvgIpc) is 2.83. The Kier molecular flexibility index (Phi) is 4.56. The zero-order valence-electron chi connectivity index (χ0n) is 11.7. The highest BCUT2D eigenvalue weighted by Crippen LogP contribution is 2.30. The first-order valence-corrected chi connectivity index (χ1v) is 6.53. The smallest absolute Gasteiger partial charge is 0.310 e. The van der Waals surface area contributed by atoms with Crippen LogP contribution in [-0.2, 0) is 19.6 Å². The van der Waals surface area contributed by atoms with E-state index in [9.17, 15) is 13.2 Å². The van der Waals surface area contributed by atoms with Gasteiger partial charge in [-0.15, -0.1) is 10.2 Å². The fourth-order valence-electron chi connectivity index (χ4n) is 2.05. The van der Waals surface area contributed by atoms with Gasteiger partial charge in [-0.05, 0) is 29.5 Å². The molecule has 1 aromatic heterocycles. The Balaban J connectivity index is 2.17. The molecule has 1 heterocycles. The molecule has 0 aliphatic rings. The lowest BCUT2D eigenvalue weighted by molar-refractivity contribution is -0.137. The van der Waals surface area contributed by atoms with Crippen molar-refractivity contribution in [2.45, 2.75) is 25.6 Å². The molecule has 0 amide bonds. The van der Waals surface area contributed by atoms with Crippen molar-refractivity contribution < 1.29 is 13.2 Å². The number of benzene rings is 1. The zero-order valence-corrected chi connectivity index (χ0v) is 11.7. The minimum Gasteiger partial charge on any atom is -0.310 e. The summed E-state index contributed by atoms with van der Waals surface area (Å²) in [5.74, 6) is 0.545. The monoisotopic (exact) mass is 299 g/mol. The van der Waals surface area contributed by atoms with Gasteiger partial charge in [0.2, 0.25) is 0 Å². The molecular formula is C13H16F3N5. The summed E-state index contributed by atoms with van der Waals surface area (Å²) in [6, 6.07) is 4.98. The SMILES string of the molecule is CCNC(Cc1nnn(C)n1)c1ccc(C(F)(F)F)cc1. The van der Waals surface area contributed by atoms with Crippen molar-refractivity contribution in [3.05, 3.63) is 41.2 Å². The van der Waals surface area contributed by atoms with E-state index in [0.717, 1.165) is 17.7 Å². The van der Waals surface area contributed by atoms with E-state index in [1.165, 1.54) is 16.9 Å². The predicted octanol–water partition coefficient (Wildman–Crippen LogP) is 2.12. The molecule has 21 heavy (non-hydrogen) atoms. The molecular weight excluding hydrogens is 283 g/mol. The molecule has 1 N–H and O–H groups in total. The van der Waals surface area contributed by atoms with Crippen LogP contribution in [0, 0.1) is 0 Å². The molecule has 0 fully saturated rings. The number of aromatic nitrogens is 4. The summed E-state index contributed by atoms with van der Waals surface area (Å²) in [6.45, 7) is 2.62. The molecule has 0 aliphatic heterocycles. The molecule has 0 radical (unpaired) electrons. The van der Waals surface area contributed by atoms with Gasteiger partial charge in [-0.25, -0.2) is 0 Å². The highest BCUT2D eigenvalue weighted by Gasteiger charge is 2.30. The summed E-state index contributed by atoms with van der Waals surface area (Å²) in [7, 11) is 1.66. The minimum absolute atomic E-state index is 0.151. The molecule has 1 aromatic carbocycles. The molecule has 1 atom stereocenters. The topological polar surface area (TPSA) is 55.6 Å². The van der Waals surface area contributed by atoms with Crippen LogP contribution < -0.4 is 5.32 Å². The number of halogens is 3. The number of nitrogens with zero attached hydrogens (tertiary/aromatic N) is 4. The first-order valence-electron chi connectivity index (χ1n) is 6.53. The third-order valence-corrected chi connectivity index (χ3v) is 3.03. The Hall–Kier alpha value is -1.96. The van der Waals surface area contributed by atoms with Crippen molar-refractivity contribution in [2.24, 2.45) is 7.05 Å². The summed E-state index contributed by atoms with van der Waals surface area (Å²) < 4.78 is 37.7. The number of tetrazole rings is 1. The third-order valence-electron chi connectivity index (χ3n) is 3.03. The standard InChI is InChI=1S/C13H16F3N5/c1-3-17-11(8-12-18-20-21(2)19-12)9-4-6-10(7-5-9)13(14,15)16/h4-7,11,17H,3,8H2,1-2H3. The summed E-state index contributed by atoms with van der Waals surface area (Å²) >= 11 is 0. The van der Waals surface area contributed by atoms with Gasteiger partial charge < -0.3 is 5.32 Å². The van der Waals surface area contributed by atoms with Crippen LogP contribution in [0.4, 0.5) is 13.2 Å². The Morgan fingerprint density at radius 2 is 1.90 bits per heavy atom. The van der Waals surface area contributed by atoms with E-state index in [-0.39, 0.29) is 6.04 Å². The summed E-state index contributed by atoms with van der Waals surface area (Å²) in [4.78, 5) is 1.35. The number of rotatable bonds is 5. The second-order valence-corrected chi connectivity index (χ2v) is 4.63. The molecule has 0 spiro atoms. The van der Waals surface area contributed by atoms with E-state index >= 15 is 0 Å². The van der Waals surface area contributed by atoms with Crippen LogP contribution >= 0.6 is 0 Å². The normalized spacial score (nSPS) is 13.4. The molecule has 2 rings (SSSR count). The van der Waals surface area contributed by atoms with Gasteiger partial charge >= 0.3 is 6.18 Å². The molecule has 5 nitrogen and oxygen atoms in total. The van der Waals surface area contributed by atoms with Crippen LogP contribution in [0.1, 0.15) is 29.9 Å². The maximum Gasteiger partial charge on any atom is 0.416 e. The van der Waals surface area contributed by atoms with Crippen molar-refractivity contribution in [2.75, 3.05) is 6.54 Å². The van der Waals surface area contributed by atoms with Gasteiger partial charge in [-0.3, -0.25) is 0 Å². The quantitative estimate of drug-likeness (QED) is 0.919. The number of hydrogen-bond acceptors (Lipinski definition) is 4. The first kappa shape index (κ1) is 15.4. The predicted molar refractivity (Wildman–Crippen MR) is 70.4 cm³/mol. The molecule has 1 unspecified atom stereocenters. The Bertz CT molecular complexity index is 576. The van der Waals surface area contributed by atoms with Crippen molar-refractivity contribution in [1.82, 2.24) is 25.5 Å². The van der Waals surface area contributed by atoms with Crippen molar-refractivity contribution in [3.63, 3.8) is 0 Å². The number of nitrogens with one attached hydrogen (secondary N) is 1. The molecule has 0 bridgehead atoms. The molecule has 8 heteroatoms. The molecule has 0 aliphatic carbocycles. The van der Waals surface area contributed by atoms with Gasteiger partial charge in [0.05, 0.1) is 12.6 Å². The Labute approximate surface area is 120 Å².